The molecule has 0 radical (unpaired) electrons. The van der Waals surface area contributed by atoms with Gasteiger partial charge in [0.25, 0.3) is 0 Å². The monoisotopic (exact) mass is 248 g/mol. The molecular formula is C18H32. The first-order valence-electron chi connectivity index (χ1n) is 8.14. The Hall–Kier alpha value is -0.260. The average Bonchev–Trinajstić information content (AvgIpc) is 2.26. The third-order valence-corrected chi connectivity index (χ3v) is 6.03. The molecule has 2 aliphatic carbocycles. The number of allylic oxidation sites excluding steroid dienone is 2. The first-order valence-corrected chi connectivity index (χ1v) is 8.14. The van der Waals surface area contributed by atoms with Gasteiger partial charge >= 0.3 is 0 Å². The zero-order chi connectivity index (χ0) is 13.4. The van der Waals surface area contributed by atoms with Gasteiger partial charge in [-0.3, -0.25) is 0 Å². The molecule has 0 spiro atoms. The Balaban J connectivity index is 2.27. The summed E-state index contributed by atoms with van der Waals surface area (Å²) in [6.45, 7) is 14.7. The van der Waals surface area contributed by atoms with Crippen molar-refractivity contribution in [2.24, 2.45) is 41.4 Å². The lowest BCUT2D eigenvalue weighted by Crippen LogP contribution is -2.41. The highest BCUT2D eigenvalue weighted by atomic mass is 14.5. The molecule has 0 aromatic rings. The van der Waals surface area contributed by atoms with Crippen molar-refractivity contribution in [3.8, 4) is 0 Å². The highest BCUT2D eigenvalue weighted by Crippen LogP contribution is 2.51. The topological polar surface area (TPSA) is 0 Å². The van der Waals surface area contributed by atoms with Crippen LogP contribution in [0.25, 0.3) is 0 Å². The summed E-state index contributed by atoms with van der Waals surface area (Å²) in [6, 6.07) is 0. The molecule has 0 aromatic carbocycles. The summed E-state index contributed by atoms with van der Waals surface area (Å²) in [7, 11) is 0. The second-order valence-electron chi connectivity index (χ2n) is 7.48. The smallest absolute Gasteiger partial charge is 0.0152 e. The van der Waals surface area contributed by atoms with E-state index in [1.165, 1.54) is 19.3 Å². The summed E-state index contributed by atoms with van der Waals surface area (Å²) in [4.78, 5) is 0. The second-order valence-corrected chi connectivity index (χ2v) is 7.48. The van der Waals surface area contributed by atoms with E-state index in [-0.39, 0.29) is 0 Å². The molecule has 0 N–H and O–H groups in total. The summed E-state index contributed by atoms with van der Waals surface area (Å²) < 4.78 is 0. The summed E-state index contributed by atoms with van der Waals surface area (Å²) in [6.07, 6.45) is 6.87. The van der Waals surface area contributed by atoms with Crippen LogP contribution in [0.3, 0.4) is 0 Å². The Morgan fingerprint density at radius 3 is 2.50 bits per heavy atom. The van der Waals surface area contributed by atoms with E-state index in [1.807, 2.05) is 0 Å². The lowest BCUT2D eigenvalue weighted by Gasteiger charge is -2.49. The zero-order valence-electron chi connectivity index (χ0n) is 13.2. The summed E-state index contributed by atoms with van der Waals surface area (Å²) >= 11 is 0. The lowest BCUT2D eigenvalue weighted by atomic mass is 9.56. The molecular weight excluding hydrogens is 216 g/mol. The highest BCUT2D eigenvalue weighted by molar-refractivity contribution is 5.16. The van der Waals surface area contributed by atoms with Gasteiger partial charge in [-0.1, -0.05) is 52.7 Å². The Kier molecular flexibility index (Phi) is 4.24. The Morgan fingerprint density at radius 1 is 1.22 bits per heavy atom. The lowest BCUT2D eigenvalue weighted by molar-refractivity contribution is 0.0541. The predicted molar refractivity (Wildman–Crippen MR) is 80.4 cm³/mol. The predicted octanol–water partition coefficient (Wildman–Crippen LogP) is 5.54. The van der Waals surface area contributed by atoms with Crippen LogP contribution in [0, 0.1) is 41.4 Å². The van der Waals surface area contributed by atoms with Crippen molar-refractivity contribution in [3.63, 3.8) is 0 Å². The summed E-state index contributed by atoms with van der Waals surface area (Å²) in [5.74, 6) is 6.25. The van der Waals surface area contributed by atoms with Crippen molar-refractivity contribution in [1.29, 1.82) is 0 Å². The van der Waals surface area contributed by atoms with Gasteiger partial charge in [-0.2, -0.15) is 0 Å². The molecule has 1 fully saturated rings. The Labute approximate surface area is 114 Å². The molecule has 0 heterocycles. The van der Waals surface area contributed by atoms with E-state index in [2.05, 4.69) is 47.6 Å². The fourth-order valence-corrected chi connectivity index (χ4v) is 5.34. The van der Waals surface area contributed by atoms with E-state index in [4.69, 9.17) is 0 Å². The minimum absolute atomic E-state index is 0.840. The van der Waals surface area contributed by atoms with Gasteiger partial charge in [-0.15, -0.1) is 0 Å². The van der Waals surface area contributed by atoms with Gasteiger partial charge in [0.05, 0.1) is 0 Å². The zero-order valence-corrected chi connectivity index (χ0v) is 13.2. The Bertz CT molecular complexity index is 314. The molecule has 0 nitrogen and oxygen atoms in total. The van der Waals surface area contributed by atoms with Gasteiger partial charge in [0, 0.05) is 0 Å². The average molecular weight is 248 g/mol. The molecule has 4 unspecified atom stereocenters. The molecule has 0 heteroatoms. The van der Waals surface area contributed by atoms with Gasteiger partial charge in [0.1, 0.15) is 0 Å². The van der Waals surface area contributed by atoms with E-state index in [9.17, 15) is 0 Å². The van der Waals surface area contributed by atoms with E-state index >= 15 is 0 Å². The fourth-order valence-electron chi connectivity index (χ4n) is 5.34. The van der Waals surface area contributed by atoms with E-state index in [0.29, 0.717) is 0 Å². The summed E-state index contributed by atoms with van der Waals surface area (Å²) in [5, 5.41) is 0. The molecule has 0 amide bonds. The third-order valence-electron chi connectivity index (χ3n) is 6.03. The van der Waals surface area contributed by atoms with Crippen LogP contribution in [0.2, 0.25) is 0 Å². The molecule has 104 valence electrons. The Morgan fingerprint density at radius 2 is 1.89 bits per heavy atom. The van der Waals surface area contributed by atoms with Gasteiger partial charge in [-0.25, -0.2) is 0 Å². The van der Waals surface area contributed by atoms with Gasteiger partial charge < -0.3 is 0 Å². The van der Waals surface area contributed by atoms with Crippen molar-refractivity contribution in [2.75, 3.05) is 0 Å². The second kappa shape index (κ2) is 5.39. The normalized spacial score (nSPS) is 46.2. The fraction of sp³-hybridized carbons (Fsp3) is 0.889. The van der Waals surface area contributed by atoms with Gasteiger partial charge in [0.15, 0.2) is 0 Å². The first kappa shape index (κ1) is 14.2. The number of fused-ring (bicyclic) bond motifs is 1. The SMILES string of the molecule is CCC(C)C1C(C)=C[C@@H]2CC(C)CC(C)[C@@H]2[C@@H]1C. The van der Waals surface area contributed by atoms with Crippen LogP contribution in [0.5, 0.6) is 0 Å². The third kappa shape index (κ3) is 2.40. The highest BCUT2D eigenvalue weighted by Gasteiger charge is 2.43. The molecule has 2 aliphatic rings. The first-order chi connectivity index (χ1) is 8.45. The standard InChI is InChI=1S/C18H32/c1-7-12(3)17-14(5)10-16-9-11(2)8-13(4)18(16)15(17)6/h10-13,15-18H,7-9H2,1-6H3/t11?,12?,13?,15-,16+,17?,18-/m1/s1. The number of hydrogen-bond donors (Lipinski definition) is 0. The van der Waals surface area contributed by atoms with Crippen molar-refractivity contribution in [1.82, 2.24) is 0 Å². The maximum Gasteiger partial charge on any atom is -0.0152 e. The molecule has 0 saturated heterocycles. The molecule has 2 rings (SSSR count). The van der Waals surface area contributed by atoms with E-state index in [1.54, 1.807) is 5.57 Å². The quantitative estimate of drug-likeness (QED) is 0.563. The molecule has 0 aromatic heterocycles. The molecule has 0 bridgehead atoms. The molecule has 7 atom stereocenters. The molecule has 18 heavy (non-hydrogen) atoms. The molecule has 0 aliphatic heterocycles. The van der Waals surface area contributed by atoms with Crippen LogP contribution in [0.1, 0.15) is 60.8 Å². The number of hydrogen-bond acceptors (Lipinski definition) is 0. The van der Waals surface area contributed by atoms with Crippen LogP contribution < -0.4 is 0 Å². The van der Waals surface area contributed by atoms with Gasteiger partial charge in [-0.05, 0) is 61.2 Å². The van der Waals surface area contributed by atoms with Crippen LogP contribution in [-0.2, 0) is 0 Å². The maximum absolute atomic E-state index is 2.66. The van der Waals surface area contributed by atoms with Gasteiger partial charge in [0.2, 0.25) is 0 Å². The minimum atomic E-state index is 0.840. The maximum atomic E-state index is 2.66. The summed E-state index contributed by atoms with van der Waals surface area (Å²) in [5.41, 5.74) is 1.69. The van der Waals surface area contributed by atoms with E-state index in [0.717, 1.165) is 41.4 Å². The van der Waals surface area contributed by atoms with Crippen molar-refractivity contribution >= 4 is 0 Å². The number of rotatable bonds is 2. The van der Waals surface area contributed by atoms with Crippen molar-refractivity contribution in [3.05, 3.63) is 11.6 Å². The van der Waals surface area contributed by atoms with Crippen LogP contribution in [0.4, 0.5) is 0 Å². The van der Waals surface area contributed by atoms with Crippen molar-refractivity contribution in [2.45, 2.75) is 60.8 Å². The van der Waals surface area contributed by atoms with Crippen LogP contribution in [-0.4, -0.2) is 0 Å². The van der Waals surface area contributed by atoms with Crippen LogP contribution >= 0.6 is 0 Å². The van der Waals surface area contributed by atoms with Crippen LogP contribution in [0.15, 0.2) is 11.6 Å². The largest absolute Gasteiger partial charge is 0.0819 e. The van der Waals surface area contributed by atoms with Crippen molar-refractivity contribution < 1.29 is 0 Å². The van der Waals surface area contributed by atoms with E-state index < -0.39 is 0 Å². The minimum Gasteiger partial charge on any atom is -0.0819 e. The molecule has 1 saturated carbocycles.